The van der Waals surface area contributed by atoms with Crippen molar-refractivity contribution in [3.05, 3.63) is 0 Å². The molecule has 0 aromatic carbocycles. The van der Waals surface area contributed by atoms with Crippen molar-refractivity contribution in [3.8, 4) is 0 Å². The third kappa shape index (κ3) is 39.2. The van der Waals surface area contributed by atoms with Crippen molar-refractivity contribution < 1.29 is 62.7 Å². The zero-order valence-corrected chi connectivity index (χ0v) is 37.9. The summed E-state index contributed by atoms with van der Waals surface area (Å²) in [4.78, 5) is 82.3. The second kappa shape index (κ2) is 42.6. The van der Waals surface area contributed by atoms with E-state index in [2.05, 4.69) is 26.6 Å². The van der Waals surface area contributed by atoms with Gasteiger partial charge in [0.2, 0.25) is 23.6 Å². The van der Waals surface area contributed by atoms with Crippen LogP contribution in [0.5, 0.6) is 0 Å². The molecule has 0 aromatic rings. The van der Waals surface area contributed by atoms with Crippen LogP contribution in [-0.4, -0.2) is 143 Å². The SMILES string of the molecule is CCC(=O)[C@H](CCCCNC(=O)COCCOCCNC(=O)COCCOCCNC(=O)CC[C@H](NC(=O)CCCCCCCCCCCCCCCCC(=O)O)C(=O)O)NC. The summed E-state index contributed by atoms with van der Waals surface area (Å²) >= 11 is 0. The van der Waals surface area contributed by atoms with E-state index in [1.807, 2.05) is 6.92 Å². The van der Waals surface area contributed by atoms with Crippen molar-refractivity contribution in [1.82, 2.24) is 26.6 Å². The largest absolute Gasteiger partial charge is 0.481 e. The zero-order chi connectivity index (χ0) is 45.9. The molecule has 18 heteroatoms. The highest BCUT2D eigenvalue weighted by Gasteiger charge is 2.21. The summed E-state index contributed by atoms with van der Waals surface area (Å²) in [6.45, 7) is 3.96. The van der Waals surface area contributed by atoms with Crippen molar-refractivity contribution in [2.75, 3.05) is 79.5 Å². The van der Waals surface area contributed by atoms with Gasteiger partial charge in [-0.2, -0.15) is 0 Å². The molecular weight excluding hydrogens is 807 g/mol. The van der Waals surface area contributed by atoms with E-state index < -0.39 is 18.0 Å². The number of ether oxygens (including phenoxy) is 4. The fraction of sp³-hybridized carbons (Fsp3) is 0.841. The number of carbonyl (C=O) groups excluding carboxylic acids is 5. The Morgan fingerprint density at radius 1 is 0.452 bits per heavy atom. The van der Waals surface area contributed by atoms with E-state index in [-0.39, 0.29) is 127 Å². The summed E-state index contributed by atoms with van der Waals surface area (Å²) in [5.74, 6) is -2.92. The van der Waals surface area contributed by atoms with E-state index in [9.17, 15) is 38.7 Å². The molecule has 0 rings (SSSR count). The predicted molar refractivity (Wildman–Crippen MR) is 235 cm³/mol. The molecule has 4 amide bonds. The van der Waals surface area contributed by atoms with E-state index >= 15 is 0 Å². The maximum atomic E-state index is 12.3. The Labute approximate surface area is 369 Å². The van der Waals surface area contributed by atoms with Gasteiger partial charge in [-0.1, -0.05) is 84.0 Å². The van der Waals surface area contributed by atoms with Crippen LogP contribution in [0, 0.1) is 0 Å². The molecule has 0 fully saturated rings. The van der Waals surface area contributed by atoms with Gasteiger partial charge in [-0.05, 0) is 45.6 Å². The number of ketones is 1. The molecule has 0 aliphatic heterocycles. The maximum absolute atomic E-state index is 12.3. The third-order valence-electron chi connectivity index (χ3n) is 10.0. The highest BCUT2D eigenvalue weighted by molar-refractivity contribution is 5.84. The summed E-state index contributed by atoms with van der Waals surface area (Å²) in [6.07, 6.45) is 18.3. The van der Waals surface area contributed by atoms with E-state index in [0.29, 0.717) is 19.4 Å². The molecule has 0 saturated heterocycles. The molecule has 0 saturated carbocycles. The van der Waals surface area contributed by atoms with Gasteiger partial charge in [-0.25, -0.2) is 4.79 Å². The summed E-state index contributed by atoms with van der Waals surface area (Å²) in [7, 11) is 1.77. The molecule has 0 radical (unpaired) electrons. The molecule has 7 N–H and O–H groups in total. The number of aliphatic carboxylic acids is 2. The van der Waals surface area contributed by atoms with Crippen LogP contribution >= 0.6 is 0 Å². The van der Waals surface area contributed by atoms with Crippen LogP contribution in [-0.2, 0) is 52.5 Å². The normalized spacial score (nSPS) is 12.0. The Kier molecular flexibility index (Phi) is 40.0. The Bertz CT molecular complexity index is 1210. The van der Waals surface area contributed by atoms with Crippen LogP contribution in [0.3, 0.4) is 0 Å². The lowest BCUT2D eigenvalue weighted by atomic mass is 10.0. The highest BCUT2D eigenvalue weighted by Crippen LogP contribution is 2.14. The average molecular weight is 888 g/mol. The van der Waals surface area contributed by atoms with Gasteiger partial charge in [0.05, 0.1) is 45.7 Å². The Morgan fingerprint density at radius 2 is 0.903 bits per heavy atom. The number of likely N-dealkylation sites (N-methyl/N-ethyl adjacent to an activating group) is 1. The van der Waals surface area contributed by atoms with Gasteiger partial charge in [0.15, 0.2) is 0 Å². The van der Waals surface area contributed by atoms with Crippen LogP contribution in [0.2, 0.25) is 0 Å². The molecule has 360 valence electrons. The van der Waals surface area contributed by atoms with Gasteiger partial charge in [-0.15, -0.1) is 0 Å². The molecule has 0 unspecified atom stereocenters. The minimum atomic E-state index is -1.18. The topological polar surface area (TPSA) is 257 Å². The molecule has 0 bridgehead atoms. The number of Topliss-reactive ketones (excluding diaryl/α,β-unsaturated/α-hetero) is 1. The van der Waals surface area contributed by atoms with Crippen LogP contribution in [0.4, 0.5) is 0 Å². The first-order valence-electron chi connectivity index (χ1n) is 23.0. The Balaban J connectivity index is 3.66. The quantitative estimate of drug-likeness (QED) is 0.0429. The Hall–Kier alpha value is -3.71. The highest BCUT2D eigenvalue weighted by atomic mass is 16.5. The minimum Gasteiger partial charge on any atom is -0.481 e. The zero-order valence-electron chi connectivity index (χ0n) is 37.9. The lowest BCUT2D eigenvalue weighted by Gasteiger charge is -2.14. The van der Waals surface area contributed by atoms with Crippen LogP contribution in [0.25, 0.3) is 0 Å². The average Bonchev–Trinajstić information content (AvgIpc) is 3.24. The first kappa shape index (κ1) is 58.3. The van der Waals surface area contributed by atoms with Crippen molar-refractivity contribution in [3.63, 3.8) is 0 Å². The lowest BCUT2D eigenvalue weighted by molar-refractivity contribution is -0.142. The number of carbonyl (C=O) groups is 7. The molecule has 0 spiro atoms. The van der Waals surface area contributed by atoms with E-state index in [4.69, 9.17) is 24.1 Å². The van der Waals surface area contributed by atoms with E-state index in [0.717, 1.165) is 57.8 Å². The number of nitrogens with one attached hydrogen (secondary N) is 5. The number of hydrogen-bond donors (Lipinski definition) is 7. The van der Waals surface area contributed by atoms with E-state index in [1.54, 1.807) is 7.05 Å². The molecule has 62 heavy (non-hydrogen) atoms. The second-order valence-electron chi connectivity index (χ2n) is 15.4. The third-order valence-corrected chi connectivity index (χ3v) is 10.0. The molecule has 0 aliphatic rings. The molecule has 0 aliphatic carbocycles. The summed E-state index contributed by atoms with van der Waals surface area (Å²) in [6, 6.07) is -1.28. The summed E-state index contributed by atoms with van der Waals surface area (Å²) in [5, 5.41) is 31.8. The summed E-state index contributed by atoms with van der Waals surface area (Å²) in [5.41, 5.74) is 0. The number of amides is 4. The van der Waals surface area contributed by atoms with Gasteiger partial charge in [0.1, 0.15) is 25.0 Å². The van der Waals surface area contributed by atoms with Crippen molar-refractivity contribution >= 4 is 41.4 Å². The smallest absolute Gasteiger partial charge is 0.326 e. The maximum Gasteiger partial charge on any atom is 0.326 e. The van der Waals surface area contributed by atoms with Crippen molar-refractivity contribution in [2.45, 2.75) is 160 Å². The molecule has 0 aromatic heterocycles. The number of hydrogen-bond acceptors (Lipinski definition) is 12. The summed E-state index contributed by atoms with van der Waals surface area (Å²) < 4.78 is 21.4. The predicted octanol–water partition coefficient (Wildman–Crippen LogP) is 3.81. The molecule has 18 nitrogen and oxygen atoms in total. The number of carboxylic acid groups (broad SMARTS) is 2. The number of carboxylic acids is 2. The van der Waals surface area contributed by atoms with Gasteiger partial charge in [0, 0.05) is 45.3 Å². The fourth-order valence-electron chi connectivity index (χ4n) is 6.38. The van der Waals surface area contributed by atoms with Crippen LogP contribution in [0.15, 0.2) is 0 Å². The van der Waals surface area contributed by atoms with Crippen LogP contribution < -0.4 is 26.6 Å². The van der Waals surface area contributed by atoms with Gasteiger partial charge < -0.3 is 55.7 Å². The van der Waals surface area contributed by atoms with Gasteiger partial charge >= 0.3 is 11.9 Å². The standard InChI is InChI=1S/C44H81N5O13/c1-3-38(50)36(45-2)20-18-19-25-46-41(53)34-61-32-31-60-29-27-48-42(54)35-62-33-30-59-28-26-47-39(51)24-23-37(44(57)58)49-40(52)21-16-14-12-10-8-6-4-5-7-9-11-13-15-17-22-43(55)56/h36-37,45H,3-35H2,1-2H3,(H,46,53)(H,47,51)(H,48,54)(H,49,52)(H,55,56)(H,57,58)/t36-,37-/m0/s1. The lowest BCUT2D eigenvalue weighted by Crippen LogP contribution is -2.41. The molecular formula is C44H81N5O13. The number of unbranched alkanes of at least 4 members (excludes halogenated alkanes) is 14. The van der Waals surface area contributed by atoms with E-state index in [1.165, 1.54) is 44.9 Å². The molecule has 0 heterocycles. The first-order valence-corrected chi connectivity index (χ1v) is 23.0. The van der Waals surface area contributed by atoms with Gasteiger partial charge in [-0.3, -0.25) is 28.8 Å². The van der Waals surface area contributed by atoms with Crippen LogP contribution in [0.1, 0.15) is 148 Å². The number of rotatable bonds is 46. The first-order chi connectivity index (χ1) is 30.0. The second-order valence-corrected chi connectivity index (χ2v) is 15.4. The Morgan fingerprint density at radius 3 is 1.37 bits per heavy atom. The van der Waals surface area contributed by atoms with Gasteiger partial charge in [0.25, 0.3) is 0 Å². The molecule has 2 atom stereocenters. The minimum absolute atomic E-state index is 0.0257. The van der Waals surface area contributed by atoms with Crippen molar-refractivity contribution in [1.29, 1.82) is 0 Å². The fourth-order valence-corrected chi connectivity index (χ4v) is 6.38. The van der Waals surface area contributed by atoms with Crippen molar-refractivity contribution in [2.24, 2.45) is 0 Å². The monoisotopic (exact) mass is 888 g/mol.